The third-order valence-electron chi connectivity index (χ3n) is 4.43. The van der Waals surface area contributed by atoms with Crippen LogP contribution in [0.2, 0.25) is 0 Å². The van der Waals surface area contributed by atoms with E-state index in [0.717, 1.165) is 31.0 Å². The van der Waals surface area contributed by atoms with Crippen LogP contribution in [0, 0.1) is 6.92 Å². The summed E-state index contributed by atoms with van der Waals surface area (Å²) in [5.74, 6) is 0.993. The van der Waals surface area contributed by atoms with Crippen molar-refractivity contribution in [3.05, 3.63) is 48.2 Å². The molecular formula is C16H17N5O. The van der Waals surface area contributed by atoms with Crippen molar-refractivity contribution >= 4 is 11.7 Å². The molecule has 3 aliphatic rings. The van der Waals surface area contributed by atoms with Crippen LogP contribution in [0.15, 0.2) is 36.8 Å². The first-order chi connectivity index (χ1) is 10.7. The van der Waals surface area contributed by atoms with Crippen molar-refractivity contribution in [2.45, 2.75) is 25.4 Å². The monoisotopic (exact) mass is 295 g/mol. The van der Waals surface area contributed by atoms with Crippen LogP contribution < -0.4 is 4.90 Å². The molecule has 6 nitrogen and oxygen atoms in total. The zero-order chi connectivity index (χ0) is 15.1. The third kappa shape index (κ3) is 2.11. The molecule has 0 N–H and O–H groups in total. The first-order valence-corrected chi connectivity index (χ1v) is 7.49. The number of piperidine rings is 1. The van der Waals surface area contributed by atoms with Gasteiger partial charge in [0.1, 0.15) is 17.8 Å². The van der Waals surface area contributed by atoms with Gasteiger partial charge in [-0.25, -0.2) is 9.97 Å². The molecule has 2 unspecified atom stereocenters. The Bertz CT molecular complexity index is 693. The molecule has 2 bridgehead atoms. The first kappa shape index (κ1) is 13.2. The predicted molar refractivity (Wildman–Crippen MR) is 81.6 cm³/mol. The third-order valence-corrected chi connectivity index (χ3v) is 4.43. The summed E-state index contributed by atoms with van der Waals surface area (Å²) < 4.78 is 0. The number of carbonyl (C=O) groups is 1. The zero-order valence-electron chi connectivity index (χ0n) is 12.4. The van der Waals surface area contributed by atoms with Gasteiger partial charge in [0, 0.05) is 31.0 Å². The summed E-state index contributed by atoms with van der Waals surface area (Å²) in [4.78, 5) is 29.4. The van der Waals surface area contributed by atoms with Gasteiger partial charge in [-0.2, -0.15) is 0 Å². The van der Waals surface area contributed by atoms with E-state index in [4.69, 9.17) is 0 Å². The molecule has 0 radical (unpaired) electrons. The maximum atomic E-state index is 12.6. The van der Waals surface area contributed by atoms with Gasteiger partial charge in [0.25, 0.3) is 5.91 Å². The van der Waals surface area contributed by atoms with Crippen molar-refractivity contribution in [2.75, 3.05) is 18.0 Å². The van der Waals surface area contributed by atoms with Crippen molar-refractivity contribution in [1.29, 1.82) is 0 Å². The van der Waals surface area contributed by atoms with E-state index in [-0.39, 0.29) is 18.0 Å². The first-order valence-electron chi connectivity index (χ1n) is 7.49. The summed E-state index contributed by atoms with van der Waals surface area (Å²) in [7, 11) is 0. The van der Waals surface area contributed by atoms with Crippen molar-refractivity contribution in [3.63, 3.8) is 0 Å². The van der Waals surface area contributed by atoms with Crippen LogP contribution in [-0.2, 0) is 0 Å². The van der Waals surface area contributed by atoms with E-state index in [1.54, 1.807) is 18.6 Å². The van der Waals surface area contributed by atoms with Gasteiger partial charge in [0.05, 0.1) is 12.1 Å². The Kier molecular flexibility index (Phi) is 3.03. The molecule has 2 aromatic heterocycles. The van der Waals surface area contributed by atoms with Crippen LogP contribution in [0.5, 0.6) is 0 Å². The fourth-order valence-corrected chi connectivity index (χ4v) is 3.36. The highest BCUT2D eigenvalue weighted by Gasteiger charge is 2.47. The second-order valence-corrected chi connectivity index (χ2v) is 5.89. The number of nitrogens with zero attached hydrogens (tertiary/aromatic N) is 5. The number of hydrogen-bond acceptors (Lipinski definition) is 5. The molecule has 1 amide bonds. The smallest absolute Gasteiger partial charge is 0.273 e. The molecule has 0 aromatic carbocycles. The van der Waals surface area contributed by atoms with E-state index in [9.17, 15) is 4.79 Å². The fourth-order valence-electron chi connectivity index (χ4n) is 3.36. The van der Waals surface area contributed by atoms with Gasteiger partial charge in [-0.3, -0.25) is 9.78 Å². The molecule has 3 fully saturated rings. The lowest BCUT2D eigenvalue weighted by Gasteiger charge is -2.56. The van der Waals surface area contributed by atoms with E-state index >= 15 is 0 Å². The SMILES string of the molecule is Cc1cc(N2CC3CC(C2)N3C(=O)c2ccccn2)ncn1. The maximum Gasteiger partial charge on any atom is 0.273 e. The minimum Gasteiger partial charge on any atom is -0.352 e. The Morgan fingerprint density at radius 1 is 1.18 bits per heavy atom. The Labute approximate surface area is 128 Å². The molecule has 0 saturated carbocycles. The largest absolute Gasteiger partial charge is 0.352 e. The predicted octanol–water partition coefficient (Wildman–Crippen LogP) is 1.28. The summed E-state index contributed by atoms with van der Waals surface area (Å²) in [6.45, 7) is 3.61. The van der Waals surface area contributed by atoms with Crippen LogP contribution in [0.4, 0.5) is 5.82 Å². The molecule has 22 heavy (non-hydrogen) atoms. The number of amides is 1. The molecule has 5 heterocycles. The van der Waals surface area contributed by atoms with Gasteiger partial charge in [-0.1, -0.05) is 6.07 Å². The van der Waals surface area contributed by atoms with E-state index in [1.807, 2.05) is 30.0 Å². The summed E-state index contributed by atoms with van der Waals surface area (Å²) in [5, 5.41) is 0. The van der Waals surface area contributed by atoms with Gasteiger partial charge >= 0.3 is 0 Å². The highest BCUT2D eigenvalue weighted by Crippen LogP contribution is 2.35. The lowest BCUT2D eigenvalue weighted by atomic mass is 9.87. The number of carbonyl (C=O) groups excluding carboxylic acids is 1. The minimum atomic E-state index is 0.0420. The second kappa shape index (κ2) is 5.05. The Hall–Kier alpha value is -2.50. The molecule has 2 atom stereocenters. The van der Waals surface area contributed by atoms with Crippen molar-refractivity contribution < 1.29 is 4.79 Å². The summed E-state index contributed by atoms with van der Waals surface area (Å²) in [6.07, 6.45) is 4.33. The number of rotatable bonds is 2. The van der Waals surface area contributed by atoms with Crippen LogP contribution in [-0.4, -0.2) is 50.9 Å². The number of aromatic nitrogens is 3. The van der Waals surface area contributed by atoms with E-state index < -0.39 is 0 Å². The van der Waals surface area contributed by atoms with Gasteiger partial charge in [0.15, 0.2) is 0 Å². The highest BCUT2D eigenvalue weighted by molar-refractivity contribution is 5.93. The van der Waals surface area contributed by atoms with Gasteiger partial charge < -0.3 is 9.80 Å². The van der Waals surface area contributed by atoms with Crippen LogP contribution >= 0.6 is 0 Å². The molecule has 112 valence electrons. The molecule has 5 rings (SSSR count). The maximum absolute atomic E-state index is 12.6. The summed E-state index contributed by atoms with van der Waals surface area (Å²) >= 11 is 0. The van der Waals surface area contributed by atoms with Crippen LogP contribution in [0.25, 0.3) is 0 Å². The second-order valence-electron chi connectivity index (χ2n) is 5.89. The van der Waals surface area contributed by atoms with E-state index in [2.05, 4.69) is 19.9 Å². The average Bonchev–Trinajstić information content (AvgIpc) is 2.55. The molecule has 0 spiro atoms. The normalized spacial score (nSPS) is 23.1. The Balaban J connectivity index is 1.50. The lowest BCUT2D eigenvalue weighted by Crippen LogP contribution is -2.70. The van der Waals surface area contributed by atoms with Gasteiger partial charge in [-0.05, 0) is 25.5 Å². The number of pyridine rings is 1. The average molecular weight is 295 g/mol. The van der Waals surface area contributed by atoms with Crippen LogP contribution in [0.1, 0.15) is 22.6 Å². The summed E-state index contributed by atoms with van der Waals surface area (Å²) in [5.41, 5.74) is 1.49. The lowest BCUT2D eigenvalue weighted by molar-refractivity contribution is 0.00524. The number of piperazine rings is 1. The van der Waals surface area contributed by atoms with Gasteiger partial charge in [-0.15, -0.1) is 0 Å². The minimum absolute atomic E-state index is 0.0420. The standard InChI is InChI=1S/C16H17N5O/c1-11-6-15(19-10-18-11)20-8-12-7-13(9-20)21(12)16(22)14-4-2-3-5-17-14/h2-6,10,12-13H,7-9H2,1H3. The summed E-state index contributed by atoms with van der Waals surface area (Å²) in [6, 6.07) is 7.96. The van der Waals surface area contributed by atoms with E-state index in [0.29, 0.717) is 5.69 Å². The molecule has 3 saturated heterocycles. The number of fused-ring (bicyclic) bond motifs is 2. The highest BCUT2D eigenvalue weighted by atomic mass is 16.2. The topological polar surface area (TPSA) is 62.2 Å². The molecule has 6 heteroatoms. The van der Waals surface area contributed by atoms with Crippen molar-refractivity contribution in [2.24, 2.45) is 0 Å². The van der Waals surface area contributed by atoms with Crippen molar-refractivity contribution in [1.82, 2.24) is 19.9 Å². The molecule has 3 aliphatic heterocycles. The zero-order valence-corrected chi connectivity index (χ0v) is 12.4. The molecule has 2 aromatic rings. The van der Waals surface area contributed by atoms with E-state index in [1.165, 1.54) is 0 Å². The van der Waals surface area contributed by atoms with Crippen LogP contribution in [0.3, 0.4) is 0 Å². The van der Waals surface area contributed by atoms with Gasteiger partial charge in [0.2, 0.25) is 0 Å². The Morgan fingerprint density at radius 2 is 2.00 bits per heavy atom. The number of aryl methyl sites for hydroxylation is 1. The number of hydrogen-bond donors (Lipinski definition) is 0. The molecule has 0 aliphatic carbocycles. The fraction of sp³-hybridized carbons (Fsp3) is 0.375. The Morgan fingerprint density at radius 3 is 2.68 bits per heavy atom. The quantitative estimate of drug-likeness (QED) is 0.835. The molecular weight excluding hydrogens is 278 g/mol. The van der Waals surface area contributed by atoms with Crippen molar-refractivity contribution in [3.8, 4) is 0 Å². The number of anilines is 1.